The van der Waals surface area contributed by atoms with Gasteiger partial charge in [-0.3, -0.25) is 0 Å². The fourth-order valence-corrected chi connectivity index (χ4v) is 5.85. The number of benzene rings is 2. The van der Waals surface area contributed by atoms with Crippen molar-refractivity contribution in [3.8, 4) is 22.5 Å². The lowest BCUT2D eigenvalue weighted by Gasteiger charge is -2.29. The zero-order valence-corrected chi connectivity index (χ0v) is 29.2. The van der Waals surface area contributed by atoms with Gasteiger partial charge in [0.15, 0.2) is 12.4 Å². The predicted molar refractivity (Wildman–Crippen MR) is 186 cm³/mol. The maximum atomic E-state index is 7.55. The van der Waals surface area contributed by atoms with Crippen molar-refractivity contribution in [1.82, 2.24) is 0 Å². The van der Waals surface area contributed by atoms with Gasteiger partial charge in [-0.1, -0.05) is 98.2 Å². The van der Waals surface area contributed by atoms with Crippen LogP contribution in [0.5, 0.6) is 0 Å². The Morgan fingerprint density at radius 2 is 1.21 bits per heavy atom. The molecule has 2 aromatic heterocycles. The van der Waals surface area contributed by atoms with Gasteiger partial charge in [-0.25, -0.2) is 9.13 Å². The van der Waals surface area contributed by atoms with Crippen molar-refractivity contribution in [1.29, 1.82) is 0 Å². The minimum Gasteiger partial charge on any atom is -0.201 e. The van der Waals surface area contributed by atoms with E-state index in [1.165, 1.54) is 33.5 Å². The summed E-state index contributed by atoms with van der Waals surface area (Å²) in [7, 11) is 4.21. The molecule has 0 aliphatic carbocycles. The van der Waals surface area contributed by atoms with Crippen molar-refractivity contribution < 1.29 is 13.2 Å². The number of hydrogen-bond acceptors (Lipinski definition) is 0. The second-order valence-corrected chi connectivity index (χ2v) is 14.6. The van der Waals surface area contributed by atoms with Crippen LogP contribution in [-0.2, 0) is 30.3 Å². The van der Waals surface area contributed by atoms with Gasteiger partial charge in [-0.05, 0) is 84.7 Å². The van der Waals surface area contributed by atoms with Crippen molar-refractivity contribution in [2.24, 2.45) is 14.1 Å². The van der Waals surface area contributed by atoms with E-state index in [2.05, 4.69) is 147 Å². The largest absolute Gasteiger partial charge is 0.212 e. The SMILES string of the molecule is Cc1ccccc1-c1cc(C(C)(C)C)c(C(C)(C)C)c[n+]1C.[2H]C([2H])([2H])c1ccc(-c2ccc(C(C)(CC)CC)c[n+]2C)c(C)c1. The smallest absolute Gasteiger partial charge is 0.201 e. The van der Waals surface area contributed by atoms with E-state index in [1.807, 2.05) is 13.0 Å². The molecule has 0 unspecified atom stereocenters. The van der Waals surface area contributed by atoms with Crippen LogP contribution in [0.2, 0.25) is 0 Å². The van der Waals surface area contributed by atoms with Crippen LogP contribution < -0.4 is 9.13 Å². The van der Waals surface area contributed by atoms with Crippen molar-refractivity contribution in [3.05, 3.63) is 106 Å². The molecule has 0 atom stereocenters. The number of aryl methyl sites for hydroxylation is 5. The van der Waals surface area contributed by atoms with E-state index in [4.69, 9.17) is 4.11 Å². The lowest BCUT2D eigenvalue weighted by atomic mass is 9.75. The van der Waals surface area contributed by atoms with Crippen molar-refractivity contribution >= 4 is 0 Å². The van der Waals surface area contributed by atoms with Gasteiger partial charge in [-0.2, -0.15) is 0 Å². The fraction of sp³-hybridized carbons (Fsp3) is 0.463. The van der Waals surface area contributed by atoms with Crippen LogP contribution in [0.15, 0.2) is 73.1 Å². The first-order valence-electron chi connectivity index (χ1n) is 17.4. The lowest BCUT2D eigenvalue weighted by molar-refractivity contribution is -0.661. The molecule has 2 heterocycles. The number of rotatable bonds is 5. The Balaban J connectivity index is 0.000000251. The van der Waals surface area contributed by atoms with Gasteiger partial charge in [0.1, 0.15) is 14.1 Å². The first kappa shape index (κ1) is 29.8. The molecular formula is C41H58N2+2. The number of pyridine rings is 2. The standard InChI is InChI=1S/C21H30N.C20H28N/c1-15-11-9-10-12-16(15)19-13-17(20(2,3)4)18(14-22(19)8)21(5,6)7;1-7-20(5,8-2)17-10-12-19(21(6)14-17)18-11-9-15(3)13-16(18)4/h9-14H,1-8H3;9-14H,7-8H2,1-6H3/q2*+1/i;3D3. The first-order chi connectivity index (χ1) is 21.1. The third-order valence-electron chi connectivity index (χ3n) is 9.20. The van der Waals surface area contributed by atoms with Crippen LogP contribution in [0.25, 0.3) is 22.5 Å². The van der Waals surface area contributed by atoms with Crippen LogP contribution in [0.1, 0.15) is 113 Å². The third-order valence-corrected chi connectivity index (χ3v) is 9.20. The van der Waals surface area contributed by atoms with Gasteiger partial charge >= 0.3 is 0 Å². The normalized spacial score (nSPS) is 13.5. The first-order valence-corrected chi connectivity index (χ1v) is 15.9. The van der Waals surface area contributed by atoms with Crippen molar-refractivity contribution in [2.45, 2.75) is 112 Å². The second kappa shape index (κ2) is 13.2. The summed E-state index contributed by atoms with van der Waals surface area (Å²) in [6, 6.07) is 20.8. The van der Waals surface area contributed by atoms with Crippen LogP contribution in [-0.4, -0.2) is 0 Å². The van der Waals surface area contributed by atoms with E-state index in [9.17, 15) is 0 Å². The van der Waals surface area contributed by atoms with Crippen LogP contribution in [0.3, 0.4) is 0 Å². The highest BCUT2D eigenvalue weighted by Gasteiger charge is 2.30. The highest BCUT2D eigenvalue weighted by Crippen LogP contribution is 2.35. The van der Waals surface area contributed by atoms with Gasteiger partial charge in [0.2, 0.25) is 11.4 Å². The molecule has 0 N–H and O–H groups in total. The topological polar surface area (TPSA) is 7.76 Å². The van der Waals surface area contributed by atoms with E-state index < -0.39 is 6.85 Å². The quantitative estimate of drug-likeness (QED) is 0.207. The molecule has 0 radical (unpaired) electrons. The van der Waals surface area contributed by atoms with Crippen molar-refractivity contribution in [3.63, 3.8) is 0 Å². The number of aromatic nitrogens is 2. The molecule has 0 fully saturated rings. The molecule has 230 valence electrons. The molecule has 43 heavy (non-hydrogen) atoms. The fourth-order valence-electron chi connectivity index (χ4n) is 5.85. The van der Waals surface area contributed by atoms with Crippen LogP contribution in [0.4, 0.5) is 0 Å². The van der Waals surface area contributed by atoms with Gasteiger partial charge in [0.05, 0.1) is 0 Å². The minimum atomic E-state index is -2.06. The maximum absolute atomic E-state index is 7.55. The summed E-state index contributed by atoms with van der Waals surface area (Å²) in [4.78, 5) is 0. The molecule has 0 bridgehead atoms. The zero-order chi connectivity index (χ0) is 34.8. The summed E-state index contributed by atoms with van der Waals surface area (Å²) in [6.45, 7) is 22.7. The molecule has 0 spiro atoms. The van der Waals surface area contributed by atoms with E-state index in [1.54, 1.807) is 12.1 Å². The molecule has 0 amide bonds. The van der Waals surface area contributed by atoms with Crippen LogP contribution in [0, 0.1) is 20.7 Å². The molecule has 0 saturated carbocycles. The minimum absolute atomic E-state index is 0.133. The lowest BCUT2D eigenvalue weighted by Crippen LogP contribution is -2.36. The molecule has 4 rings (SSSR count). The average Bonchev–Trinajstić information content (AvgIpc) is 2.96. The van der Waals surface area contributed by atoms with E-state index >= 15 is 0 Å². The van der Waals surface area contributed by atoms with Crippen molar-refractivity contribution in [2.75, 3.05) is 0 Å². The Bertz CT molecular complexity index is 1660. The predicted octanol–water partition coefficient (Wildman–Crippen LogP) is 9.95. The molecule has 2 heteroatoms. The molecule has 4 aromatic rings. The summed E-state index contributed by atoms with van der Waals surface area (Å²) in [6.07, 6.45) is 6.74. The summed E-state index contributed by atoms with van der Waals surface area (Å²) in [5.74, 6) is 0. The Hall–Kier alpha value is -3.26. The van der Waals surface area contributed by atoms with E-state index in [-0.39, 0.29) is 16.2 Å². The zero-order valence-electron chi connectivity index (χ0n) is 32.2. The highest BCUT2D eigenvalue weighted by atomic mass is 14.9. The van der Waals surface area contributed by atoms with Gasteiger partial charge < -0.3 is 0 Å². The summed E-state index contributed by atoms with van der Waals surface area (Å²) < 4.78 is 27.1. The monoisotopic (exact) mass is 581 g/mol. The number of nitrogens with zero attached hydrogens (tertiary/aromatic N) is 2. The molecule has 0 aliphatic rings. The summed E-state index contributed by atoms with van der Waals surface area (Å²) in [5, 5.41) is 0. The average molecular weight is 582 g/mol. The Morgan fingerprint density at radius 1 is 0.628 bits per heavy atom. The van der Waals surface area contributed by atoms with E-state index in [0.29, 0.717) is 5.56 Å². The summed E-state index contributed by atoms with van der Waals surface area (Å²) >= 11 is 0. The highest BCUT2D eigenvalue weighted by molar-refractivity contribution is 5.63. The molecular weight excluding hydrogens is 520 g/mol. The maximum Gasteiger partial charge on any atom is 0.212 e. The van der Waals surface area contributed by atoms with Gasteiger partial charge in [-0.15, -0.1) is 0 Å². The van der Waals surface area contributed by atoms with Gasteiger partial charge in [0.25, 0.3) is 0 Å². The molecule has 0 saturated heterocycles. The van der Waals surface area contributed by atoms with Gasteiger partial charge in [0, 0.05) is 38.5 Å². The Kier molecular flexibility index (Phi) is 9.12. The molecule has 0 aliphatic heterocycles. The Morgan fingerprint density at radius 3 is 1.72 bits per heavy atom. The summed E-state index contributed by atoms with van der Waals surface area (Å²) in [5.41, 5.74) is 12.2. The third kappa shape index (κ3) is 7.83. The molecule has 2 aromatic carbocycles. The van der Waals surface area contributed by atoms with E-state index in [0.717, 1.165) is 29.7 Å². The second-order valence-electron chi connectivity index (χ2n) is 14.6. The molecule has 2 nitrogen and oxygen atoms in total. The van der Waals surface area contributed by atoms with Crippen LogP contribution >= 0.6 is 0 Å². The Labute approximate surface area is 268 Å². The number of hydrogen-bond donors (Lipinski definition) is 0.